The van der Waals surface area contributed by atoms with Crippen molar-refractivity contribution in [2.24, 2.45) is 0 Å². The van der Waals surface area contributed by atoms with Crippen LogP contribution in [-0.2, 0) is 11.3 Å². The average Bonchev–Trinajstić information content (AvgIpc) is 3.25. The Morgan fingerprint density at radius 2 is 1.68 bits per heavy atom. The third-order valence-corrected chi connectivity index (χ3v) is 6.45. The SMILES string of the molecule is C[C@@H]1CCCCN1C(=O)Cn1cc(C=C2C(=O)c3ccccc3C2=O)c2ccccc21. The zero-order valence-corrected chi connectivity index (χ0v) is 17.5. The van der Waals surface area contributed by atoms with Crippen LogP contribution in [0.4, 0.5) is 0 Å². The number of hydrogen-bond donors (Lipinski definition) is 0. The van der Waals surface area contributed by atoms with Gasteiger partial charge in [-0.3, -0.25) is 14.4 Å². The van der Waals surface area contributed by atoms with Crippen molar-refractivity contribution < 1.29 is 14.4 Å². The number of rotatable bonds is 3. The first-order valence-corrected chi connectivity index (χ1v) is 10.8. The Bertz CT molecular complexity index is 1210. The fourth-order valence-corrected chi connectivity index (χ4v) is 4.79. The van der Waals surface area contributed by atoms with Gasteiger partial charge in [-0.15, -0.1) is 0 Å². The number of piperidine rings is 1. The molecule has 1 aromatic heterocycles. The topological polar surface area (TPSA) is 59.4 Å². The first-order chi connectivity index (χ1) is 15.0. The molecule has 3 aromatic rings. The fourth-order valence-electron chi connectivity index (χ4n) is 4.79. The first-order valence-electron chi connectivity index (χ1n) is 10.8. The maximum atomic E-state index is 13.0. The van der Waals surface area contributed by atoms with E-state index in [-0.39, 0.29) is 35.6 Å². The van der Waals surface area contributed by atoms with Gasteiger partial charge in [-0.25, -0.2) is 0 Å². The van der Waals surface area contributed by atoms with Gasteiger partial charge in [-0.05, 0) is 38.3 Å². The minimum atomic E-state index is -0.240. The Morgan fingerprint density at radius 3 is 2.39 bits per heavy atom. The van der Waals surface area contributed by atoms with Crippen LogP contribution in [0.15, 0.2) is 60.3 Å². The maximum Gasteiger partial charge on any atom is 0.242 e. The van der Waals surface area contributed by atoms with Gasteiger partial charge < -0.3 is 9.47 Å². The van der Waals surface area contributed by atoms with Crippen LogP contribution in [0.3, 0.4) is 0 Å². The summed E-state index contributed by atoms with van der Waals surface area (Å²) >= 11 is 0. The van der Waals surface area contributed by atoms with Gasteiger partial charge in [0, 0.05) is 46.4 Å². The van der Waals surface area contributed by atoms with Gasteiger partial charge >= 0.3 is 0 Å². The van der Waals surface area contributed by atoms with Gasteiger partial charge in [0.05, 0.1) is 5.57 Å². The largest absolute Gasteiger partial charge is 0.338 e. The lowest BCUT2D eigenvalue weighted by Crippen LogP contribution is -2.43. The maximum absolute atomic E-state index is 13.0. The number of allylic oxidation sites excluding steroid dienone is 1. The molecule has 2 aromatic carbocycles. The molecule has 0 bridgehead atoms. The number of amides is 1. The van der Waals surface area contributed by atoms with E-state index < -0.39 is 0 Å². The predicted octanol–water partition coefficient (Wildman–Crippen LogP) is 4.50. The summed E-state index contributed by atoms with van der Waals surface area (Å²) in [5, 5.41) is 0.922. The average molecular weight is 412 g/mol. The molecule has 2 aliphatic rings. The van der Waals surface area contributed by atoms with E-state index in [2.05, 4.69) is 6.92 Å². The summed E-state index contributed by atoms with van der Waals surface area (Å²) in [6.45, 7) is 3.16. The summed E-state index contributed by atoms with van der Waals surface area (Å²) in [5.74, 6) is -0.376. The van der Waals surface area contributed by atoms with Crippen molar-refractivity contribution in [2.45, 2.75) is 38.8 Å². The predicted molar refractivity (Wildman–Crippen MR) is 120 cm³/mol. The van der Waals surface area contributed by atoms with E-state index in [0.717, 1.165) is 35.9 Å². The van der Waals surface area contributed by atoms with E-state index in [1.807, 2.05) is 39.9 Å². The van der Waals surface area contributed by atoms with Crippen molar-refractivity contribution >= 4 is 34.5 Å². The lowest BCUT2D eigenvalue weighted by molar-refractivity contribution is -0.135. The highest BCUT2D eigenvalue weighted by Crippen LogP contribution is 2.30. The molecule has 0 spiro atoms. The molecule has 5 rings (SSSR count). The Hall–Kier alpha value is -3.47. The highest BCUT2D eigenvalue weighted by Gasteiger charge is 2.33. The Labute approximate surface area is 181 Å². The molecule has 1 saturated heterocycles. The van der Waals surface area contributed by atoms with Gasteiger partial charge in [0.2, 0.25) is 5.91 Å². The van der Waals surface area contributed by atoms with E-state index >= 15 is 0 Å². The van der Waals surface area contributed by atoms with Crippen LogP contribution in [0.5, 0.6) is 0 Å². The van der Waals surface area contributed by atoms with Crippen LogP contribution in [0.1, 0.15) is 52.5 Å². The van der Waals surface area contributed by atoms with Crippen molar-refractivity contribution in [2.75, 3.05) is 6.54 Å². The molecule has 0 N–H and O–H groups in total. The molecule has 0 unspecified atom stereocenters. The fraction of sp³-hybridized carbons (Fsp3) is 0.269. The van der Waals surface area contributed by atoms with Crippen LogP contribution in [0.2, 0.25) is 0 Å². The van der Waals surface area contributed by atoms with Gasteiger partial charge in [-0.2, -0.15) is 0 Å². The molecule has 156 valence electrons. The minimum absolute atomic E-state index is 0.104. The van der Waals surface area contributed by atoms with Crippen molar-refractivity contribution in [3.63, 3.8) is 0 Å². The van der Waals surface area contributed by atoms with E-state index in [4.69, 9.17) is 0 Å². The lowest BCUT2D eigenvalue weighted by Gasteiger charge is -2.33. The van der Waals surface area contributed by atoms with Crippen LogP contribution in [0.25, 0.3) is 17.0 Å². The molecular weight excluding hydrogens is 388 g/mol. The van der Waals surface area contributed by atoms with Gasteiger partial charge in [-0.1, -0.05) is 42.5 Å². The highest BCUT2D eigenvalue weighted by atomic mass is 16.2. The number of fused-ring (bicyclic) bond motifs is 2. The number of aromatic nitrogens is 1. The lowest BCUT2D eigenvalue weighted by atomic mass is 10.0. The van der Waals surface area contributed by atoms with Crippen LogP contribution in [0, 0.1) is 0 Å². The van der Waals surface area contributed by atoms with E-state index in [1.54, 1.807) is 30.3 Å². The second-order valence-electron chi connectivity index (χ2n) is 8.42. The number of ketones is 2. The van der Waals surface area contributed by atoms with E-state index in [9.17, 15) is 14.4 Å². The van der Waals surface area contributed by atoms with Crippen molar-refractivity contribution in [1.82, 2.24) is 9.47 Å². The summed E-state index contributed by atoms with van der Waals surface area (Å²) in [5.41, 5.74) is 2.79. The molecule has 31 heavy (non-hydrogen) atoms. The summed E-state index contributed by atoms with van der Waals surface area (Å²) in [6.07, 6.45) is 6.82. The Kier molecular flexibility index (Phi) is 4.81. The van der Waals surface area contributed by atoms with Crippen molar-refractivity contribution in [3.8, 4) is 0 Å². The summed E-state index contributed by atoms with van der Waals surface area (Å²) in [6, 6.07) is 15.0. The van der Waals surface area contributed by atoms with Crippen LogP contribution in [-0.4, -0.2) is 39.5 Å². The normalized spacial score (nSPS) is 18.5. The van der Waals surface area contributed by atoms with Gasteiger partial charge in [0.25, 0.3) is 0 Å². The molecule has 1 amide bonds. The Balaban J connectivity index is 1.52. The Morgan fingerprint density at radius 1 is 1.00 bits per heavy atom. The van der Waals surface area contributed by atoms with Crippen molar-refractivity contribution in [3.05, 3.63) is 77.0 Å². The smallest absolute Gasteiger partial charge is 0.242 e. The second-order valence-corrected chi connectivity index (χ2v) is 8.42. The molecule has 1 fully saturated rings. The van der Waals surface area contributed by atoms with E-state index in [0.29, 0.717) is 11.1 Å². The molecule has 1 aliphatic heterocycles. The number of Topliss-reactive ketones (excluding diaryl/α,β-unsaturated/α-hetero) is 2. The molecular formula is C26H24N2O3. The monoisotopic (exact) mass is 412 g/mol. The molecule has 1 aliphatic carbocycles. The molecule has 0 radical (unpaired) electrons. The number of carbonyl (C=O) groups is 3. The van der Waals surface area contributed by atoms with Crippen LogP contribution < -0.4 is 0 Å². The molecule has 2 heterocycles. The first kappa shape index (κ1) is 19.5. The number of para-hydroxylation sites is 1. The van der Waals surface area contributed by atoms with Crippen LogP contribution >= 0.6 is 0 Å². The van der Waals surface area contributed by atoms with Gasteiger partial charge in [0.15, 0.2) is 11.6 Å². The third-order valence-electron chi connectivity index (χ3n) is 6.45. The highest BCUT2D eigenvalue weighted by molar-refractivity contribution is 6.41. The van der Waals surface area contributed by atoms with Crippen molar-refractivity contribution in [1.29, 1.82) is 0 Å². The van der Waals surface area contributed by atoms with E-state index in [1.165, 1.54) is 6.42 Å². The zero-order chi connectivity index (χ0) is 21.5. The molecule has 1 atom stereocenters. The summed E-state index contributed by atoms with van der Waals surface area (Å²) < 4.78 is 1.93. The molecule has 0 saturated carbocycles. The number of nitrogens with zero attached hydrogens (tertiary/aromatic N) is 2. The summed E-state index contributed by atoms with van der Waals surface area (Å²) in [7, 11) is 0. The number of carbonyl (C=O) groups excluding carboxylic acids is 3. The minimum Gasteiger partial charge on any atom is -0.338 e. The molecule has 5 nitrogen and oxygen atoms in total. The number of likely N-dealkylation sites (tertiary alicyclic amines) is 1. The molecule has 5 heteroatoms. The number of hydrogen-bond acceptors (Lipinski definition) is 3. The third kappa shape index (κ3) is 3.30. The quantitative estimate of drug-likeness (QED) is 0.470. The second kappa shape index (κ2) is 7.65. The number of benzene rings is 2. The standard InChI is InChI=1S/C26H24N2O3/c1-17-8-6-7-13-28(17)24(29)16-27-15-18(19-9-4-5-12-23(19)27)14-22-25(30)20-10-2-3-11-21(20)26(22)31/h2-5,9-12,14-15,17H,6-8,13,16H2,1H3/t17-/m1/s1. The zero-order valence-electron chi connectivity index (χ0n) is 17.5. The van der Waals surface area contributed by atoms with Gasteiger partial charge in [0.1, 0.15) is 6.54 Å². The summed E-state index contributed by atoms with van der Waals surface area (Å²) in [4.78, 5) is 40.6.